The second-order valence-corrected chi connectivity index (χ2v) is 7.93. The molecule has 0 radical (unpaired) electrons. The lowest BCUT2D eigenvalue weighted by Crippen LogP contribution is -2.63. The van der Waals surface area contributed by atoms with Crippen LogP contribution in [-0.2, 0) is 4.79 Å². The number of amides is 1. The fraction of sp³-hybridized carbons (Fsp3) is 0.632. The molecule has 0 spiro atoms. The molecular weight excluding hydrogens is 452 g/mol. The van der Waals surface area contributed by atoms with E-state index in [-0.39, 0.29) is 36.6 Å². The summed E-state index contributed by atoms with van der Waals surface area (Å²) in [7, 11) is 0. The smallest absolute Gasteiger partial charge is 0.292 e. The van der Waals surface area contributed by atoms with Crippen molar-refractivity contribution in [1.29, 1.82) is 0 Å². The lowest BCUT2D eigenvalue weighted by atomic mass is 9.94. The predicted octanol–water partition coefficient (Wildman–Crippen LogP) is -1.11. The number of rotatable bonds is 13. The van der Waals surface area contributed by atoms with Gasteiger partial charge in [0.15, 0.2) is 0 Å². The summed E-state index contributed by atoms with van der Waals surface area (Å²) in [4.78, 5) is 28.2. The number of nitro groups is 1. The summed E-state index contributed by atoms with van der Waals surface area (Å²) >= 11 is 0. The second kappa shape index (κ2) is 13.0. The van der Waals surface area contributed by atoms with Crippen LogP contribution in [0, 0.1) is 10.1 Å². The van der Waals surface area contributed by atoms with E-state index < -0.39 is 41.8 Å². The Morgan fingerprint density at radius 1 is 1.32 bits per heavy atom. The maximum absolute atomic E-state index is 11.4. The summed E-state index contributed by atoms with van der Waals surface area (Å²) in [6.07, 6.45) is -3.77. The number of β-amino-alcohol motifs (C(OH)–C–C–N with tert-alkyl or cyclic N) is 1. The molecule has 0 aromatic heterocycles. The van der Waals surface area contributed by atoms with Crippen LogP contribution in [0.5, 0.6) is 0 Å². The van der Waals surface area contributed by atoms with Gasteiger partial charge in [-0.05, 0) is 11.6 Å². The van der Waals surface area contributed by atoms with Gasteiger partial charge in [-0.15, -0.1) is 0 Å². The first-order valence-electron chi connectivity index (χ1n) is 10.6. The minimum atomic E-state index is -1.36. The number of hydrogen-bond acceptors (Lipinski definition) is 11. The van der Waals surface area contributed by atoms with Gasteiger partial charge in [0, 0.05) is 62.4 Å². The van der Waals surface area contributed by atoms with Gasteiger partial charge in [-0.25, -0.2) is 0 Å². The number of likely N-dealkylation sites (tertiary alicyclic amines) is 1. The Morgan fingerprint density at radius 3 is 2.68 bits per heavy atom. The van der Waals surface area contributed by atoms with Gasteiger partial charge in [0.1, 0.15) is 17.9 Å². The van der Waals surface area contributed by atoms with E-state index in [1.54, 1.807) is 4.90 Å². The molecule has 7 N–H and O–H groups in total. The topological polar surface area (TPSA) is 234 Å². The molecule has 0 aliphatic carbocycles. The largest absolute Gasteiger partial charge is 0.395 e. The number of carbonyl (C=O) groups excluding carboxylic acids is 1. The van der Waals surface area contributed by atoms with Crippen molar-refractivity contribution in [3.63, 3.8) is 0 Å². The number of carbonyl (C=O) groups is 1. The Kier molecular flexibility index (Phi) is 10.4. The van der Waals surface area contributed by atoms with Crippen LogP contribution in [0.1, 0.15) is 6.42 Å². The number of nitrogens with zero attached hydrogens (tertiary/aromatic N) is 6. The van der Waals surface area contributed by atoms with Crippen LogP contribution < -0.4 is 11.1 Å². The summed E-state index contributed by atoms with van der Waals surface area (Å²) in [6, 6.07) is 3.27. The van der Waals surface area contributed by atoms with Crippen molar-refractivity contribution in [2.75, 3.05) is 51.2 Å². The van der Waals surface area contributed by atoms with Gasteiger partial charge >= 0.3 is 0 Å². The van der Waals surface area contributed by atoms with Gasteiger partial charge < -0.3 is 31.5 Å². The molecular formula is C19H30N8O7. The van der Waals surface area contributed by atoms with Crippen LogP contribution in [-0.4, -0.2) is 111 Å². The van der Waals surface area contributed by atoms with Crippen molar-refractivity contribution in [2.45, 2.75) is 30.8 Å². The summed E-state index contributed by atoms with van der Waals surface area (Å²) < 4.78 is 0. The fourth-order valence-electron chi connectivity index (χ4n) is 3.79. The van der Waals surface area contributed by atoms with E-state index in [4.69, 9.17) is 11.3 Å². The van der Waals surface area contributed by atoms with E-state index in [9.17, 15) is 35.3 Å². The average Bonchev–Trinajstić information content (AvgIpc) is 2.79. The third-order valence-electron chi connectivity index (χ3n) is 5.68. The number of piperidine rings is 1. The summed E-state index contributed by atoms with van der Waals surface area (Å²) in [5.41, 5.74) is 13.8. The number of primary amides is 1. The molecule has 1 saturated heterocycles. The highest BCUT2D eigenvalue weighted by Gasteiger charge is 2.40. The number of aliphatic hydroxyl groups excluding tert-OH is 4. The zero-order valence-corrected chi connectivity index (χ0v) is 18.5. The maximum atomic E-state index is 11.4. The minimum Gasteiger partial charge on any atom is -0.395 e. The van der Waals surface area contributed by atoms with Crippen molar-refractivity contribution in [3.05, 3.63) is 38.8 Å². The highest BCUT2D eigenvalue weighted by Crippen LogP contribution is 2.29. The van der Waals surface area contributed by atoms with Gasteiger partial charge in [0.05, 0.1) is 23.7 Å². The number of benzene rings is 1. The lowest BCUT2D eigenvalue weighted by molar-refractivity contribution is -0.383. The number of nitrogens with one attached hydrogen (secondary N) is 1. The molecule has 0 unspecified atom stereocenters. The molecule has 1 amide bonds. The van der Waals surface area contributed by atoms with Gasteiger partial charge in [-0.2, -0.15) is 0 Å². The van der Waals surface area contributed by atoms with Crippen LogP contribution >= 0.6 is 0 Å². The van der Waals surface area contributed by atoms with Crippen molar-refractivity contribution < 1.29 is 30.1 Å². The molecule has 0 saturated carbocycles. The zero-order chi connectivity index (χ0) is 25.3. The van der Waals surface area contributed by atoms with Gasteiger partial charge in [0.25, 0.3) is 5.69 Å². The monoisotopic (exact) mass is 482 g/mol. The van der Waals surface area contributed by atoms with Crippen molar-refractivity contribution >= 4 is 23.0 Å². The molecule has 34 heavy (non-hydrogen) atoms. The molecule has 1 aliphatic heterocycles. The van der Waals surface area contributed by atoms with Crippen molar-refractivity contribution in [3.8, 4) is 0 Å². The van der Waals surface area contributed by atoms with Crippen molar-refractivity contribution in [2.24, 2.45) is 10.8 Å². The van der Waals surface area contributed by atoms with E-state index in [1.807, 2.05) is 4.90 Å². The van der Waals surface area contributed by atoms with Crippen LogP contribution in [0.15, 0.2) is 23.3 Å². The Bertz CT molecular complexity index is 897. The Morgan fingerprint density at radius 2 is 2.06 bits per heavy atom. The fourth-order valence-corrected chi connectivity index (χ4v) is 3.79. The molecule has 0 bridgehead atoms. The molecule has 1 fully saturated rings. The standard InChI is InChI=1S/C19H30N8O7/c20-17(30)3-5-25(7-8-26-10-16(29)19(32)18(31)15(26)11-28)6-4-22-13-2-1-12(23-24-21)9-14(13)27(33)34/h1-2,9,15-16,18-19,22,28-29,31-32H,3-8,10-11H2,(H2,20,30)/t15-,16+,18-,19-/m0/s1. The van der Waals surface area contributed by atoms with Crippen LogP contribution in [0.25, 0.3) is 10.4 Å². The Labute approximate surface area is 195 Å². The summed E-state index contributed by atoms with van der Waals surface area (Å²) in [6.45, 7) is 1.27. The highest BCUT2D eigenvalue weighted by atomic mass is 16.6. The highest BCUT2D eigenvalue weighted by molar-refractivity contribution is 5.73. The molecule has 1 heterocycles. The van der Waals surface area contributed by atoms with Crippen LogP contribution in [0.3, 0.4) is 0 Å². The third-order valence-corrected chi connectivity index (χ3v) is 5.68. The van der Waals surface area contributed by atoms with E-state index in [2.05, 4.69) is 15.3 Å². The van der Waals surface area contributed by atoms with Crippen LogP contribution in [0.4, 0.5) is 17.1 Å². The lowest BCUT2D eigenvalue weighted by Gasteiger charge is -2.43. The van der Waals surface area contributed by atoms with E-state index in [0.29, 0.717) is 26.2 Å². The number of anilines is 1. The maximum Gasteiger partial charge on any atom is 0.292 e. The minimum absolute atomic E-state index is 0.0507. The third kappa shape index (κ3) is 7.50. The Balaban J connectivity index is 2.02. The number of hydrogen-bond donors (Lipinski definition) is 6. The average molecular weight is 482 g/mol. The normalized spacial score (nSPS) is 22.9. The molecule has 15 nitrogen and oxygen atoms in total. The number of nitro benzene ring substituents is 1. The second-order valence-electron chi connectivity index (χ2n) is 7.93. The molecule has 1 aliphatic rings. The summed E-state index contributed by atoms with van der Waals surface area (Å²) in [5, 5.41) is 57.2. The predicted molar refractivity (Wildman–Crippen MR) is 121 cm³/mol. The first kappa shape index (κ1) is 27.2. The van der Waals surface area contributed by atoms with E-state index in [1.165, 1.54) is 12.1 Å². The molecule has 15 heteroatoms. The van der Waals surface area contributed by atoms with Gasteiger partial charge in [-0.3, -0.25) is 24.7 Å². The molecule has 1 aromatic carbocycles. The summed E-state index contributed by atoms with van der Waals surface area (Å²) in [5.74, 6) is -0.498. The van der Waals surface area contributed by atoms with E-state index >= 15 is 0 Å². The van der Waals surface area contributed by atoms with Crippen molar-refractivity contribution in [1.82, 2.24) is 9.80 Å². The number of aliphatic hydroxyl groups is 4. The zero-order valence-electron chi connectivity index (χ0n) is 18.5. The quantitative estimate of drug-likeness (QED) is 0.0651. The van der Waals surface area contributed by atoms with Crippen LogP contribution in [0.2, 0.25) is 0 Å². The van der Waals surface area contributed by atoms with Gasteiger partial charge in [0.2, 0.25) is 5.91 Å². The Hall–Kier alpha value is -3.04. The number of azide groups is 1. The SMILES string of the molecule is [N-]=[N+]=Nc1ccc(NCCN(CCC(N)=O)CCN2C[C@@H](O)[C@H](O)[C@@H](O)[C@@H]2CO)c([N+](=O)[O-])c1. The molecule has 2 rings (SSSR count). The van der Waals surface area contributed by atoms with E-state index in [0.717, 1.165) is 6.07 Å². The van der Waals surface area contributed by atoms with Gasteiger partial charge in [-0.1, -0.05) is 11.2 Å². The first-order valence-corrected chi connectivity index (χ1v) is 10.6. The molecule has 188 valence electrons. The number of nitrogens with two attached hydrogens (primary N) is 1. The molecule has 4 atom stereocenters. The first-order chi connectivity index (χ1) is 16.2. The molecule has 1 aromatic rings.